The van der Waals surface area contributed by atoms with E-state index in [2.05, 4.69) is 0 Å². The van der Waals surface area contributed by atoms with Crippen molar-refractivity contribution in [1.82, 2.24) is 0 Å². The molecule has 0 saturated carbocycles. The molecule has 1 rings (SSSR count). The fourth-order valence-corrected chi connectivity index (χ4v) is 2.36. The van der Waals surface area contributed by atoms with Crippen LogP contribution in [0.4, 0.5) is 0 Å². The number of carbonyl (C=O) groups is 1. The summed E-state index contributed by atoms with van der Waals surface area (Å²) >= 11 is 6.39. The van der Waals surface area contributed by atoms with Gasteiger partial charge >= 0.3 is 5.97 Å². The predicted molar refractivity (Wildman–Crippen MR) is 87.9 cm³/mol. The zero-order valence-electron chi connectivity index (χ0n) is 14.1. The second-order valence-electron chi connectivity index (χ2n) is 4.41. The standard InChI is InChI=1S/C16H21ClO6/c1-7-23-16(18)9(2)8-10-11(17)13(20-4)15(22-6)14(21-5)12(10)19-3/h8H,7H2,1-6H3/b9-8+. The number of hydrogen-bond acceptors (Lipinski definition) is 6. The van der Waals surface area contributed by atoms with Crippen molar-refractivity contribution in [1.29, 1.82) is 0 Å². The number of halogens is 1. The maximum absolute atomic E-state index is 11.8. The summed E-state index contributed by atoms with van der Waals surface area (Å²) in [5, 5.41) is 0.241. The molecule has 1 aromatic carbocycles. The molecule has 0 spiro atoms. The molecule has 0 amide bonds. The summed E-state index contributed by atoms with van der Waals surface area (Å²) in [5.41, 5.74) is 0.801. The van der Waals surface area contributed by atoms with Gasteiger partial charge in [0.05, 0.1) is 40.1 Å². The number of carbonyl (C=O) groups excluding carboxylic acids is 1. The van der Waals surface area contributed by atoms with E-state index >= 15 is 0 Å². The molecule has 0 aliphatic rings. The Balaban J connectivity index is 3.65. The van der Waals surface area contributed by atoms with Gasteiger partial charge in [-0.15, -0.1) is 0 Å². The summed E-state index contributed by atoms with van der Waals surface area (Å²) in [6, 6.07) is 0. The maximum atomic E-state index is 11.8. The van der Waals surface area contributed by atoms with Gasteiger partial charge in [-0.2, -0.15) is 0 Å². The minimum absolute atomic E-state index is 0.241. The second-order valence-corrected chi connectivity index (χ2v) is 4.79. The lowest BCUT2D eigenvalue weighted by Crippen LogP contribution is -2.06. The number of methoxy groups -OCH3 is 4. The molecule has 0 radical (unpaired) electrons. The summed E-state index contributed by atoms with van der Waals surface area (Å²) in [6.07, 6.45) is 1.56. The van der Waals surface area contributed by atoms with Crippen LogP contribution in [0, 0.1) is 0 Å². The molecule has 0 bridgehead atoms. The van der Waals surface area contributed by atoms with Gasteiger partial charge in [-0.1, -0.05) is 11.6 Å². The van der Waals surface area contributed by atoms with E-state index < -0.39 is 5.97 Å². The Labute approximate surface area is 140 Å². The van der Waals surface area contributed by atoms with Crippen molar-refractivity contribution in [3.8, 4) is 23.0 Å². The summed E-state index contributed by atoms with van der Waals surface area (Å²) in [6.45, 7) is 3.64. The Morgan fingerprint density at radius 2 is 1.43 bits per heavy atom. The highest BCUT2D eigenvalue weighted by Gasteiger charge is 2.26. The van der Waals surface area contributed by atoms with Gasteiger partial charge in [-0.05, 0) is 19.9 Å². The highest BCUT2D eigenvalue weighted by Crippen LogP contribution is 2.52. The van der Waals surface area contributed by atoms with Crippen LogP contribution in [0.1, 0.15) is 19.4 Å². The molecule has 1 aromatic rings. The van der Waals surface area contributed by atoms with Crippen LogP contribution >= 0.6 is 11.6 Å². The van der Waals surface area contributed by atoms with E-state index in [9.17, 15) is 4.79 Å². The molecule has 6 nitrogen and oxygen atoms in total. The van der Waals surface area contributed by atoms with Gasteiger partial charge in [0.15, 0.2) is 11.5 Å². The lowest BCUT2D eigenvalue weighted by atomic mass is 10.1. The topological polar surface area (TPSA) is 63.2 Å². The molecule has 0 aliphatic carbocycles. The Hall–Kier alpha value is -2.08. The number of benzene rings is 1. The summed E-state index contributed by atoms with van der Waals surface area (Å²) in [5.74, 6) is 0.801. The van der Waals surface area contributed by atoms with Crippen LogP contribution in [-0.2, 0) is 9.53 Å². The summed E-state index contributed by atoms with van der Waals surface area (Å²) in [7, 11) is 5.87. The molecule has 128 valence electrons. The average Bonchev–Trinajstić information content (AvgIpc) is 2.55. The monoisotopic (exact) mass is 344 g/mol. The van der Waals surface area contributed by atoms with Crippen LogP contribution in [0.25, 0.3) is 6.08 Å². The molecular weight excluding hydrogens is 324 g/mol. The fraction of sp³-hybridized carbons (Fsp3) is 0.438. The van der Waals surface area contributed by atoms with Crippen molar-refractivity contribution in [2.45, 2.75) is 13.8 Å². The van der Waals surface area contributed by atoms with Crippen molar-refractivity contribution in [2.75, 3.05) is 35.0 Å². The zero-order chi connectivity index (χ0) is 17.6. The van der Waals surface area contributed by atoms with E-state index in [4.69, 9.17) is 35.3 Å². The second kappa shape index (κ2) is 8.53. The smallest absolute Gasteiger partial charge is 0.333 e. The van der Waals surface area contributed by atoms with Crippen LogP contribution in [0.15, 0.2) is 5.57 Å². The molecule has 0 atom stereocenters. The molecule has 7 heteroatoms. The molecule has 23 heavy (non-hydrogen) atoms. The van der Waals surface area contributed by atoms with E-state index in [-0.39, 0.29) is 17.4 Å². The van der Waals surface area contributed by atoms with E-state index in [0.717, 1.165) is 0 Å². The Morgan fingerprint density at radius 1 is 0.957 bits per heavy atom. The quantitative estimate of drug-likeness (QED) is 0.558. The normalized spacial score (nSPS) is 11.0. The van der Waals surface area contributed by atoms with Crippen molar-refractivity contribution in [3.63, 3.8) is 0 Å². The largest absolute Gasteiger partial charge is 0.492 e. The highest BCUT2D eigenvalue weighted by atomic mass is 35.5. The highest BCUT2D eigenvalue weighted by molar-refractivity contribution is 6.34. The van der Waals surface area contributed by atoms with Gasteiger partial charge in [-0.3, -0.25) is 0 Å². The first-order valence-electron chi connectivity index (χ1n) is 6.87. The molecule has 0 unspecified atom stereocenters. The lowest BCUT2D eigenvalue weighted by molar-refractivity contribution is -0.138. The van der Waals surface area contributed by atoms with E-state index in [1.165, 1.54) is 28.4 Å². The van der Waals surface area contributed by atoms with Gasteiger partial charge in [-0.25, -0.2) is 4.79 Å². The minimum atomic E-state index is -0.445. The molecule has 0 N–H and O–H groups in total. The fourth-order valence-electron chi connectivity index (χ4n) is 2.06. The number of hydrogen-bond donors (Lipinski definition) is 0. The van der Waals surface area contributed by atoms with Crippen LogP contribution < -0.4 is 18.9 Å². The predicted octanol–water partition coefficient (Wildman–Crippen LogP) is 3.34. The first-order chi connectivity index (χ1) is 11.0. The average molecular weight is 345 g/mol. The SMILES string of the molecule is CCOC(=O)/C(C)=C/c1c(Cl)c(OC)c(OC)c(OC)c1OC. The number of ether oxygens (including phenoxy) is 5. The Kier molecular flexibility index (Phi) is 7.03. The minimum Gasteiger partial charge on any atom is -0.492 e. The van der Waals surface area contributed by atoms with Gasteiger partial charge in [0.1, 0.15) is 0 Å². The first kappa shape index (κ1) is 19.0. The maximum Gasteiger partial charge on any atom is 0.333 e. The number of esters is 1. The molecular formula is C16H21ClO6. The van der Waals surface area contributed by atoms with Gasteiger partial charge < -0.3 is 23.7 Å². The molecule has 0 aliphatic heterocycles. The van der Waals surface area contributed by atoms with Crippen LogP contribution in [0.5, 0.6) is 23.0 Å². The molecule has 0 aromatic heterocycles. The van der Waals surface area contributed by atoms with Crippen molar-refractivity contribution in [2.24, 2.45) is 0 Å². The third-order valence-corrected chi connectivity index (χ3v) is 3.45. The molecule has 0 fully saturated rings. The van der Waals surface area contributed by atoms with E-state index in [1.54, 1.807) is 19.9 Å². The first-order valence-corrected chi connectivity index (χ1v) is 7.25. The van der Waals surface area contributed by atoms with Gasteiger partial charge in [0, 0.05) is 11.1 Å². The summed E-state index contributed by atoms with van der Waals surface area (Å²) in [4.78, 5) is 11.8. The molecule has 0 heterocycles. The van der Waals surface area contributed by atoms with Crippen LogP contribution in [0.2, 0.25) is 5.02 Å². The molecule has 0 saturated heterocycles. The summed E-state index contributed by atoms with van der Waals surface area (Å²) < 4.78 is 26.3. The van der Waals surface area contributed by atoms with Crippen LogP contribution in [0.3, 0.4) is 0 Å². The Morgan fingerprint density at radius 3 is 1.87 bits per heavy atom. The van der Waals surface area contributed by atoms with Crippen LogP contribution in [-0.4, -0.2) is 41.0 Å². The van der Waals surface area contributed by atoms with Gasteiger partial charge in [0.25, 0.3) is 0 Å². The van der Waals surface area contributed by atoms with Crippen molar-refractivity contribution >= 4 is 23.6 Å². The van der Waals surface area contributed by atoms with Crippen molar-refractivity contribution in [3.05, 3.63) is 16.2 Å². The van der Waals surface area contributed by atoms with E-state index in [0.29, 0.717) is 28.4 Å². The van der Waals surface area contributed by atoms with Gasteiger partial charge in [0.2, 0.25) is 11.5 Å². The van der Waals surface area contributed by atoms with E-state index in [1.807, 2.05) is 0 Å². The lowest BCUT2D eigenvalue weighted by Gasteiger charge is -2.19. The number of rotatable bonds is 7. The third kappa shape index (κ3) is 3.82. The zero-order valence-corrected chi connectivity index (χ0v) is 14.9. The third-order valence-electron chi connectivity index (χ3n) is 3.07. The van der Waals surface area contributed by atoms with Crippen molar-refractivity contribution < 1.29 is 28.5 Å². The Bertz CT molecular complexity index is 609.